The summed E-state index contributed by atoms with van der Waals surface area (Å²) in [4.78, 5) is 10.9. The van der Waals surface area contributed by atoms with Crippen LogP contribution in [0.2, 0.25) is 5.02 Å². The van der Waals surface area contributed by atoms with Gasteiger partial charge in [0.1, 0.15) is 16.4 Å². The van der Waals surface area contributed by atoms with Crippen LogP contribution < -0.4 is 19.5 Å². The van der Waals surface area contributed by atoms with E-state index in [2.05, 4.69) is 10.0 Å². The summed E-state index contributed by atoms with van der Waals surface area (Å²) in [6.07, 6.45) is 0. The summed E-state index contributed by atoms with van der Waals surface area (Å²) in [5, 5.41) is 2.83. The van der Waals surface area contributed by atoms with Crippen LogP contribution in [-0.2, 0) is 14.8 Å². The van der Waals surface area contributed by atoms with Gasteiger partial charge in [0, 0.05) is 30.4 Å². The number of nitrogens with one attached hydrogen (secondary N) is 2. The molecule has 134 valence electrons. The van der Waals surface area contributed by atoms with E-state index < -0.39 is 10.0 Å². The number of benzene rings is 2. The number of rotatable bonds is 6. The number of halogens is 1. The molecule has 0 heterocycles. The number of hydrogen-bond acceptors (Lipinski definition) is 5. The number of sulfonamides is 1. The van der Waals surface area contributed by atoms with E-state index in [4.69, 9.17) is 21.1 Å². The topological polar surface area (TPSA) is 93.7 Å². The molecule has 2 aromatic rings. The molecular formula is C16H17ClN2O5S. The Morgan fingerprint density at radius 2 is 1.56 bits per heavy atom. The highest BCUT2D eigenvalue weighted by atomic mass is 35.5. The van der Waals surface area contributed by atoms with Gasteiger partial charge in [0.2, 0.25) is 5.91 Å². The molecule has 0 aliphatic carbocycles. The smallest absolute Gasteiger partial charge is 0.265 e. The quantitative estimate of drug-likeness (QED) is 0.798. The van der Waals surface area contributed by atoms with Crippen LogP contribution in [0.3, 0.4) is 0 Å². The lowest BCUT2D eigenvalue weighted by molar-refractivity contribution is -0.114. The summed E-state index contributed by atoms with van der Waals surface area (Å²) in [7, 11) is -1.21. The molecule has 2 aromatic carbocycles. The summed E-state index contributed by atoms with van der Waals surface area (Å²) in [6, 6.07) is 8.88. The Kier molecular flexibility index (Phi) is 5.76. The highest BCUT2D eigenvalue weighted by Gasteiger charge is 2.22. The molecular weight excluding hydrogens is 368 g/mol. The average Bonchev–Trinajstić information content (AvgIpc) is 2.55. The number of hydrogen-bond donors (Lipinski definition) is 2. The lowest BCUT2D eigenvalue weighted by Gasteiger charge is -2.14. The van der Waals surface area contributed by atoms with Gasteiger partial charge in [-0.2, -0.15) is 0 Å². The molecule has 0 aliphatic heterocycles. The average molecular weight is 385 g/mol. The van der Waals surface area contributed by atoms with Crippen molar-refractivity contribution in [3.05, 3.63) is 41.4 Å². The van der Waals surface area contributed by atoms with Crippen molar-refractivity contribution in [3.8, 4) is 11.5 Å². The SMILES string of the molecule is COc1cc(S(=O)(=O)Nc2ccc(NC(C)=O)cc2)c(OC)cc1Cl. The Morgan fingerprint density at radius 1 is 1.00 bits per heavy atom. The molecule has 0 aromatic heterocycles. The minimum Gasteiger partial charge on any atom is -0.495 e. The molecule has 0 saturated heterocycles. The second kappa shape index (κ2) is 7.62. The first-order chi connectivity index (χ1) is 11.8. The monoisotopic (exact) mass is 384 g/mol. The number of ether oxygens (including phenoxy) is 2. The third kappa shape index (κ3) is 4.55. The third-order valence-corrected chi connectivity index (χ3v) is 4.88. The molecule has 0 bridgehead atoms. The van der Waals surface area contributed by atoms with Gasteiger partial charge in [0.15, 0.2) is 0 Å². The molecule has 0 spiro atoms. The molecule has 0 saturated carbocycles. The summed E-state index contributed by atoms with van der Waals surface area (Å²) in [6.45, 7) is 1.39. The largest absolute Gasteiger partial charge is 0.495 e. The minimum atomic E-state index is -3.94. The highest BCUT2D eigenvalue weighted by molar-refractivity contribution is 7.92. The van der Waals surface area contributed by atoms with E-state index in [9.17, 15) is 13.2 Å². The first kappa shape index (κ1) is 18.9. The summed E-state index contributed by atoms with van der Waals surface area (Å²) >= 11 is 5.99. The molecule has 2 N–H and O–H groups in total. The number of anilines is 2. The number of carbonyl (C=O) groups is 1. The van der Waals surface area contributed by atoms with Gasteiger partial charge in [0.25, 0.3) is 10.0 Å². The van der Waals surface area contributed by atoms with Crippen LogP contribution in [0, 0.1) is 0 Å². The first-order valence-electron chi connectivity index (χ1n) is 7.09. The Hall–Kier alpha value is -2.45. The zero-order valence-electron chi connectivity index (χ0n) is 13.8. The molecule has 0 aliphatic rings. The first-order valence-corrected chi connectivity index (χ1v) is 8.95. The van der Waals surface area contributed by atoms with Gasteiger partial charge in [-0.3, -0.25) is 9.52 Å². The lowest BCUT2D eigenvalue weighted by Crippen LogP contribution is -2.14. The van der Waals surface area contributed by atoms with E-state index in [1.54, 1.807) is 12.1 Å². The van der Waals surface area contributed by atoms with Gasteiger partial charge >= 0.3 is 0 Å². The maximum absolute atomic E-state index is 12.7. The van der Waals surface area contributed by atoms with E-state index in [1.165, 1.54) is 45.4 Å². The van der Waals surface area contributed by atoms with Crippen molar-refractivity contribution < 1.29 is 22.7 Å². The highest BCUT2D eigenvalue weighted by Crippen LogP contribution is 2.35. The fourth-order valence-electron chi connectivity index (χ4n) is 2.08. The van der Waals surface area contributed by atoms with Crippen LogP contribution in [0.1, 0.15) is 6.92 Å². The van der Waals surface area contributed by atoms with Gasteiger partial charge in [-0.25, -0.2) is 8.42 Å². The summed E-state index contributed by atoms with van der Waals surface area (Å²) in [5.41, 5.74) is 0.881. The van der Waals surface area contributed by atoms with Crippen molar-refractivity contribution in [2.75, 3.05) is 24.3 Å². The van der Waals surface area contributed by atoms with Crippen molar-refractivity contribution in [1.82, 2.24) is 0 Å². The summed E-state index contributed by atoms with van der Waals surface area (Å²) < 4.78 is 37.9. The van der Waals surface area contributed by atoms with Crippen LogP contribution in [0.15, 0.2) is 41.3 Å². The normalized spacial score (nSPS) is 10.9. The Bertz CT molecular complexity index is 882. The molecule has 0 radical (unpaired) electrons. The van der Waals surface area contributed by atoms with Crippen molar-refractivity contribution >= 4 is 38.9 Å². The molecule has 1 amide bonds. The zero-order chi connectivity index (χ0) is 18.6. The second-order valence-corrected chi connectivity index (χ2v) is 7.06. The van der Waals surface area contributed by atoms with Gasteiger partial charge < -0.3 is 14.8 Å². The van der Waals surface area contributed by atoms with E-state index in [0.29, 0.717) is 11.4 Å². The molecule has 2 rings (SSSR count). The van der Waals surface area contributed by atoms with Crippen LogP contribution in [-0.4, -0.2) is 28.5 Å². The fourth-order valence-corrected chi connectivity index (χ4v) is 3.53. The van der Waals surface area contributed by atoms with Crippen LogP contribution >= 0.6 is 11.6 Å². The molecule has 0 fully saturated rings. The number of carbonyl (C=O) groups excluding carboxylic acids is 1. The Morgan fingerprint density at radius 3 is 2.08 bits per heavy atom. The van der Waals surface area contributed by atoms with Crippen LogP contribution in [0.25, 0.3) is 0 Å². The van der Waals surface area contributed by atoms with E-state index in [-0.39, 0.29) is 27.3 Å². The Balaban J connectivity index is 2.34. The minimum absolute atomic E-state index is 0.0909. The molecule has 7 nitrogen and oxygen atoms in total. The maximum Gasteiger partial charge on any atom is 0.265 e. The zero-order valence-corrected chi connectivity index (χ0v) is 15.4. The third-order valence-electron chi connectivity index (χ3n) is 3.19. The number of methoxy groups -OCH3 is 2. The molecule has 25 heavy (non-hydrogen) atoms. The summed E-state index contributed by atoms with van der Waals surface area (Å²) in [5.74, 6) is 0.0864. The molecule has 0 unspecified atom stereocenters. The van der Waals surface area contributed by atoms with E-state index in [0.717, 1.165) is 0 Å². The second-order valence-electron chi connectivity index (χ2n) is 5.00. The van der Waals surface area contributed by atoms with Gasteiger partial charge in [-0.05, 0) is 24.3 Å². The van der Waals surface area contributed by atoms with Gasteiger partial charge in [0.05, 0.1) is 19.2 Å². The van der Waals surface area contributed by atoms with Crippen LogP contribution in [0.5, 0.6) is 11.5 Å². The fraction of sp³-hybridized carbons (Fsp3) is 0.188. The predicted molar refractivity (Wildman–Crippen MR) is 96.1 cm³/mol. The maximum atomic E-state index is 12.7. The van der Waals surface area contributed by atoms with Gasteiger partial charge in [-0.1, -0.05) is 11.6 Å². The lowest BCUT2D eigenvalue weighted by atomic mass is 10.3. The van der Waals surface area contributed by atoms with Crippen molar-refractivity contribution in [2.24, 2.45) is 0 Å². The molecule has 9 heteroatoms. The number of amides is 1. The van der Waals surface area contributed by atoms with Crippen molar-refractivity contribution in [2.45, 2.75) is 11.8 Å². The molecule has 0 atom stereocenters. The van der Waals surface area contributed by atoms with Crippen LogP contribution in [0.4, 0.5) is 11.4 Å². The van der Waals surface area contributed by atoms with Crippen molar-refractivity contribution in [3.63, 3.8) is 0 Å². The standard InChI is InChI=1S/C16H17ClN2O5S/c1-10(20)18-11-4-6-12(7-5-11)19-25(21,22)16-9-14(23-2)13(17)8-15(16)24-3/h4-9,19H,1-3H3,(H,18,20). The van der Waals surface area contributed by atoms with Gasteiger partial charge in [-0.15, -0.1) is 0 Å². The Labute approximate surface area is 151 Å². The van der Waals surface area contributed by atoms with Crippen molar-refractivity contribution in [1.29, 1.82) is 0 Å². The van der Waals surface area contributed by atoms with E-state index >= 15 is 0 Å². The predicted octanol–water partition coefficient (Wildman–Crippen LogP) is 3.12. The van der Waals surface area contributed by atoms with E-state index in [1.807, 2.05) is 0 Å².